The molecule has 2 amide bonds. The van der Waals surface area contributed by atoms with Crippen LogP contribution in [0, 0.1) is 0 Å². The SMILES string of the molecule is COCCCNC(=O)Cn1cc(/C=C2/C(=O)N(C)C(=S)N2C)c2ccccc21. The quantitative estimate of drug-likeness (QED) is 0.436. The average Bonchev–Trinajstić information content (AvgIpc) is 3.12. The van der Waals surface area contributed by atoms with Gasteiger partial charge in [0.15, 0.2) is 5.11 Å². The zero-order valence-corrected chi connectivity index (χ0v) is 17.1. The number of carbonyl (C=O) groups is 2. The Morgan fingerprint density at radius 1 is 1.25 bits per heavy atom. The van der Waals surface area contributed by atoms with Gasteiger partial charge in [0.1, 0.15) is 12.2 Å². The minimum atomic E-state index is -0.139. The second-order valence-electron chi connectivity index (χ2n) is 6.66. The van der Waals surface area contributed by atoms with Crippen LogP contribution in [0.5, 0.6) is 0 Å². The van der Waals surface area contributed by atoms with Crippen LogP contribution in [0.4, 0.5) is 0 Å². The molecular formula is C20H24N4O3S. The molecule has 1 aliphatic heterocycles. The zero-order chi connectivity index (χ0) is 20.3. The maximum atomic E-state index is 12.5. The summed E-state index contributed by atoms with van der Waals surface area (Å²) in [6.07, 6.45) is 4.50. The molecule has 0 bridgehead atoms. The third-order valence-electron chi connectivity index (χ3n) is 4.73. The Morgan fingerprint density at radius 3 is 2.68 bits per heavy atom. The largest absolute Gasteiger partial charge is 0.385 e. The number of rotatable bonds is 7. The van der Waals surface area contributed by atoms with Crippen molar-refractivity contribution in [3.8, 4) is 0 Å². The summed E-state index contributed by atoms with van der Waals surface area (Å²) in [7, 11) is 5.09. The van der Waals surface area contributed by atoms with Crippen molar-refractivity contribution >= 4 is 46.1 Å². The third-order valence-corrected chi connectivity index (χ3v) is 5.28. The van der Waals surface area contributed by atoms with Crippen molar-refractivity contribution in [3.63, 3.8) is 0 Å². The number of likely N-dealkylation sites (N-methyl/N-ethyl adjacent to an activating group) is 2. The lowest BCUT2D eigenvalue weighted by atomic mass is 10.1. The van der Waals surface area contributed by atoms with Gasteiger partial charge in [0.2, 0.25) is 5.91 Å². The highest BCUT2D eigenvalue weighted by Crippen LogP contribution is 2.27. The molecule has 1 aliphatic rings. The van der Waals surface area contributed by atoms with Gasteiger partial charge in [-0.1, -0.05) is 18.2 Å². The average molecular weight is 401 g/mol. The molecule has 1 aromatic carbocycles. The van der Waals surface area contributed by atoms with E-state index in [-0.39, 0.29) is 18.4 Å². The normalized spacial score (nSPS) is 15.9. The van der Waals surface area contributed by atoms with Gasteiger partial charge in [-0.2, -0.15) is 0 Å². The Morgan fingerprint density at radius 2 is 2.00 bits per heavy atom. The first-order valence-corrected chi connectivity index (χ1v) is 9.45. The van der Waals surface area contributed by atoms with E-state index in [2.05, 4.69) is 5.32 Å². The van der Waals surface area contributed by atoms with E-state index in [0.29, 0.717) is 24.0 Å². The van der Waals surface area contributed by atoms with Gasteiger partial charge in [0, 0.05) is 57.0 Å². The first-order chi connectivity index (χ1) is 13.4. The Kier molecular flexibility index (Phi) is 6.11. The molecule has 0 radical (unpaired) electrons. The summed E-state index contributed by atoms with van der Waals surface area (Å²) in [5.41, 5.74) is 2.32. The van der Waals surface area contributed by atoms with Gasteiger partial charge < -0.3 is 19.5 Å². The van der Waals surface area contributed by atoms with Crippen LogP contribution in [-0.4, -0.2) is 65.7 Å². The van der Waals surface area contributed by atoms with E-state index >= 15 is 0 Å². The molecule has 1 saturated heterocycles. The van der Waals surface area contributed by atoms with Gasteiger partial charge in [-0.05, 0) is 30.8 Å². The zero-order valence-electron chi connectivity index (χ0n) is 16.3. The summed E-state index contributed by atoms with van der Waals surface area (Å²) < 4.78 is 6.89. The standard InChI is InChI=1S/C20H24N4O3S/c1-22-17(19(26)23(2)20(22)28)11-14-12-24(16-8-5-4-7-15(14)16)13-18(25)21-9-6-10-27-3/h4-5,7-8,11-12H,6,9-10,13H2,1-3H3,(H,21,25)/b17-11-. The lowest BCUT2D eigenvalue weighted by Crippen LogP contribution is -2.28. The molecule has 3 rings (SSSR count). The van der Waals surface area contributed by atoms with E-state index in [0.717, 1.165) is 22.9 Å². The van der Waals surface area contributed by atoms with Crippen molar-refractivity contribution in [3.05, 3.63) is 41.7 Å². The first-order valence-electron chi connectivity index (χ1n) is 9.05. The summed E-state index contributed by atoms with van der Waals surface area (Å²) in [5, 5.41) is 4.34. The Bertz CT molecular complexity index is 950. The molecule has 8 heteroatoms. The molecule has 0 unspecified atom stereocenters. The van der Waals surface area contributed by atoms with E-state index in [1.807, 2.05) is 41.1 Å². The molecule has 2 heterocycles. The fraction of sp³-hybridized carbons (Fsp3) is 0.350. The van der Waals surface area contributed by atoms with Crippen LogP contribution in [-0.2, 0) is 20.9 Å². The maximum absolute atomic E-state index is 12.5. The second kappa shape index (κ2) is 8.53. The fourth-order valence-electron chi connectivity index (χ4n) is 3.21. The summed E-state index contributed by atoms with van der Waals surface area (Å²) in [6.45, 7) is 1.40. The van der Waals surface area contributed by atoms with E-state index in [4.69, 9.17) is 17.0 Å². The highest BCUT2D eigenvalue weighted by atomic mass is 32.1. The first kappa shape index (κ1) is 20.0. The smallest absolute Gasteiger partial charge is 0.276 e. The number of benzene rings is 1. The Hall–Kier alpha value is -2.71. The monoisotopic (exact) mass is 400 g/mol. The lowest BCUT2D eigenvalue weighted by Gasteiger charge is -2.10. The number of thiocarbonyl (C=S) groups is 1. The van der Waals surface area contributed by atoms with E-state index in [1.54, 1.807) is 26.1 Å². The van der Waals surface area contributed by atoms with Crippen LogP contribution in [0.15, 0.2) is 36.2 Å². The number of methoxy groups -OCH3 is 1. The molecule has 1 aromatic heterocycles. The summed E-state index contributed by atoms with van der Waals surface area (Å²) >= 11 is 5.28. The van der Waals surface area contributed by atoms with Crippen LogP contribution >= 0.6 is 12.2 Å². The van der Waals surface area contributed by atoms with Crippen molar-refractivity contribution in [2.75, 3.05) is 34.4 Å². The number of amides is 2. The highest BCUT2D eigenvalue weighted by molar-refractivity contribution is 7.80. The van der Waals surface area contributed by atoms with Crippen molar-refractivity contribution in [1.82, 2.24) is 19.7 Å². The molecule has 7 nitrogen and oxygen atoms in total. The van der Waals surface area contributed by atoms with Crippen LogP contribution in [0.3, 0.4) is 0 Å². The molecule has 0 spiro atoms. The fourth-order valence-corrected chi connectivity index (χ4v) is 3.39. The highest BCUT2D eigenvalue weighted by Gasteiger charge is 2.32. The molecule has 28 heavy (non-hydrogen) atoms. The molecular weight excluding hydrogens is 376 g/mol. The van der Waals surface area contributed by atoms with Crippen LogP contribution < -0.4 is 5.32 Å². The van der Waals surface area contributed by atoms with E-state index < -0.39 is 0 Å². The van der Waals surface area contributed by atoms with Gasteiger partial charge >= 0.3 is 0 Å². The minimum Gasteiger partial charge on any atom is -0.385 e. The topological polar surface area (TPSA) is 66.8 Å². The number of hydrogen-bond donors (Lipinski definition) is 1. The number of nitrogens with zero attached hydrogens (tertiary/aromatic N) is 3. The number of aromatic nitrogens is 1. The molecule has 0 saturated carbocycles. The lowest BCUT2D eigenvalue weighted by molar-refractivity contribution is -0.122. The van der Waals surface area contributed by atoms with Crippen LogP contribution in [0.2, 0.25) is 0 Å². The van der Waals surface area contributed by atoms with Gasteiger partial charge in [0.25, 0.3) is 5.91 Å². The van der Waals surface area contributed by atoms with Crippen LogP contribution in [0.25, 0.3) is 17.0 Å². The summed E-state index contributed by atoms with van der Waals surface area (Å²) in [6, 6.07) is 7.82. The number of fused-ring (bicyclic) bond motifs is 1. The van der Waals surface area contributed by atoms with E-state index in [9.17, 15) is 9.59 Å². The van der Waals surface area contributed by atoms with Gasteiger partial charge in [-0.15, -0.1) is 0 Å². The predicted molar refractivity (Wildman–Crippen MR) is 113 cm³/mol. The molecule has 0 aliphatic carbocycles. The maximum Gasteiger partial charge on any atom is 0.276 e. The van der Waals surface area contributed by atoms with Gasteiger partial charge in [-0.3, -0.25) is 14.5 Å². The van der Waals surface area contributed by atoms with E-state index in [1.165, 1.54) is 4.90 Å². The van der Waals surface area contributed by atoms with Crippen LogP contribution in [0.1, 0.15) is 12.0 Å². The number of hydrogen-bond acceptors (Lipinski definition) is 4. The van der Waals surface area contributed by atoms with Gasteiger partial charge in [-0.25, -0.2) is 0 Å². The Labute approximate surface area is 169 Å². The number of para-hydroxylation sites is 1. The number of ether oxygens (including phenoxy) is 1. The Balaban J connectivity index is 1.87. The molecule has 0 atom stereocenters. The minimum absolute atomic E-state index is 0.0639. The van der Waals surface area contributed by atoms with Crippen molar-refractivity contribution in [1.29, 1.82) is 0 Å². The molecule has 2 aromatic rings. The third kappa shape index (κ3) is 3.93. The predicted octanol–water partition coefficient (Wildman–Crippen LogP) is 1.82. The van der Waals surface area contributed by atoms with Crippen molar-refractivity contribution in [2.24, 2.45) is 0 Å². The molecule has 148 valence electrons. The van der Waals surface area contributed by atoms with Gasteiger partial charge in [0.05, 0.1) is 0 Å². The molecule has 1 N–H and O–H groups in total. The van der Waals surface area contributed by atoms with Crippen molar-refractivity contribution in [2.45, 2.75) is 13.0 Å². The number of nitrogens with one attached hydrogen (secondary N) is 1. The van der Waals surface area contributed by atoms with Crippen molar-refractivity contribution < 1.29 is 14.3 Å². The summed E-state index contributed by atoms with van der Waals surface area (Å²) in [5.74, 6) is -0.203. The second-order valence-corrected chi connectivity index (χ2v) is 7.03. The summed E-state index contributed by atoms with van der Waals surface area (Å²) in [4.78, 5) is 27.9. The number of carbonyl (C=O) groups excluding carboxylic acids is 2. The molecule has 1 fully saturated rings.